The fourth-order valence-corrected chi connectivity index (χ4v) is 2.45. The van der Waals surface area contributed by atoms with E-state index >= 15 is 0 Å². The van der Waals surface area contributed by atoms with Gasteiger partial charge < -0.3 is 15.0 Å². The second-order valence-corrected chi connectivity index (χ2v) is 4.97. The molecule has 2 aliphatic heterocycles. The van der Waals surface area contributed by atoms with Gasteiger partial charge in [-0.15, -0.1) is 0 Å². The van der Waals surface area contributed by atoms with Crippen LogP contribution in [0.5, 0.6) is 0 Å². The summed E-state index contributed by atoms with van der Waals surface area (Å²) < 4.78 is 5.31. The van der Waals surface area contributed by atoms with Crippen LogP contribution in [-0.4, -0.2) is 47.3 Å². The molecular weight excluding hydrogens is 254 g/mol. The lowest BCUT2D eigenvalue weighted by Crippen LogP contribution is -2.24. The van der Waals surface area contributed by atoms with Gasteiger partial charge in [-0.3, -0.25) is 0 Å². The SMILES string of the molecule is Clc1nc(NC2CCOC2)nc(N2CCCC2)n1. The highest BCUT2D eigenvalue weighted by molar-refractivity contribution is 6.28. The minimum atomic E-state index is 0.244. The standard InChI is InChI=1S/C11H16ClN5O/c12-9-14-10(13-8-3-6-18-7-8)16-11(15-9)17-4-1-2-5-17/h8H,1-7H2,(H,13,14,15,16). The lowest BCUT2D eigenvalue weighted by molar-refractivity contribution is 0.195. The van der Waals surface area contributed by atoms with Gasteiger partial charge in [-0.2, -0.15) is 15.0 Å². The molecule has 0 aromatic carbocycles. The number of hydrogen-bond donors (Lipinski definition) is 1. The van der Waals surface area contributed by atoms with Crippen LogP contribution in [0.3, 0.4) is 0 Å². The maximum Gasteiger partial charge on any atom is 0.231 e. The maximum atomic E-state index is 5.95. The summed E-state index contributed by atoms with van der Waals surface area (Å²) in [5, 5.41) is 3.49. The number of halogens is 1. The molecule has 1 unspecified atom stereocenters. The maximum absolute atomic E-state index is 5.95. The third-order valence-electron chi connectivity index (χ3n) is 3.25. The third-order valence-corrected chi connectivity index (χ3v) is 3.42. The van der Waals surface area contributed by atoms with Crippen LogP contribution in [0.4, 0.5) is 11.9 Å². The summed E-state index contributed by atoms with van der Waals surface area (Å²) in [5.74, 6) is 1.22. The van der Waals surface area contributed by atoms with E-state index in [0.29, 0.717) is 18.5 Å². The number of nitrogens with zero attached hydrogens (tertiary/aromatic N) is 4. The van der Waals surface area contributed by atoms with E-state index in [1.54, 1.807) is 0 Å². The van der Waals surface area contributed by atoms with Gasteiger partial charge in [-0.05, 0) is 30.9 Å². The van der Waals surface area contributed by atoms with Gasteiger partial charge >= 0.3 is 0 Å². The van der Waals surface area contributed by atoms with E-state index < -0.39 is 0 Å². The predicted octanol–water partition coefficient (Wildman–Crippen LogP) is 1.33. The summed E-state index contributed by atoms with van der Waals surface area (Å²) in [5.41, 5.74) is 0. The number of anilines is 2. The molecule has 2 saturated heterocycles. The summed E-state index contributed by atoms with van der Waals surface area (Å²) in [4.78, 5) is 14.9. The minimum absolute atomic E-state index is 0.244. The average Bonchev–Trinajstić information content (AvgIpc) is 3.00. The molecule has 1 N–H and O–H groups in total. The minimum Gasteiger partial charge on any atom is -0.379 e. The Balaban J connectivity index is 1.76. The van der Waals surface area contributed by atoms with Gasteiger partial charge in [0.15, 0.2) is 0 Å². The highest BCUT2D eigenvalue weighted by Crippen LogP contribution is 2.19. The molecule has 3 rings (SSSR count). The molecule has 0 aliphatic carbocycles. The van der Waals surface area contributed by atoms with Crippen molar-refractivity contribution in [3.8, 4) is 0 Å². The smallest absolute Gasteiger partial charge is 0.231 e. The Morgan fingerprint density at radius 3 is 2.78 bits per heavy atom. The van der Waals surface area contributed by atoms with E-state index in [-0.39, 0.29) is 11.3 Å². The summed E-state index contributed by atoms with van der Waals surface area (Å²) in [6, 6.07) is 0.273. The molecule has 1 aromatic heterocycles. The summed E-state index contributed by atoms with van der Waals surface area (Å²) in [6.07, 6.45) is 3.34. The molecular formula is C11H16ClN5O. The summed E-state index contributed by atoms with van der Waals surface area (Å²) in [6.45, 7) is 3.47. The first kappa shape index (κ1) is 11.9. The van der Waals surface area contributed by atoms with Crippen molar-refractivity contribution >= 4 is 23.5 Å². The van der Waals surface area contributed by atoms with E-state index in [9.17, 15) is 0 Å². The van der Waals surface area contributed by atoms with Crippen molar-refractivity contribution in [2.24, 2.45) is 0 Å². The van der Waals surface area contributed by atoms with Gasteiger partial charge in [-0.25, -0.2) is 0 Å². The quantitative estimate of drug-likeness (QED) is 0.893. The zero-order valence-corrected chi connectivity index (χ0v) is 10.9. The van der Waals surface area contributed by atoms with Crippen LogP contribution < -0.4 is 10.2 Å². The van der Waals surface area contributed by atoms with Crippen LogP contribution >= 0.6 is 11.6 Å². The normalized spacial score (nSPS) is 23.6. The van der Waals surface area contributed by atoms with Crippen molar-refractivity contribution in [3.05, 3.63) is 5.28 Å². The predicted molar refractivity (Wildman–Crippen MR) is 69.1 cm³/mol. The Morgan fingerprint density at radius 2 is 2.06 bits per heavy atom. The Bertz CT molecular complexity index is 418. The Hall–Kier alpha value is -1.14. The van der Waals surface area contributed by atoms with Crippen molar-refractivity contribution in [1.29, 1.82) is 0 Å². The molecule has 7 heteroatoms. The van der Waals surface area contributed by atoms with Crippen molar-refractivity contribution in [2.45, 2.75) is 25.3 Å². The summed E-state index contributed by atoms with van der Waals surface area (Å²) >= 11 is 5.95. The first-order valence-electron chi connectivity index (χ1n) is 6.32. The molecule has 1 aromatic rings. The molecule has 2 fully saturated rings. The van der Waals surface area contributed by atoms with E-state index in [0.717, 1.165) is 26.1 Å². The van der Waals surface area contributed by atoms with Gasteiger partial charge in [0.25, 0.3) is 0 Å². The highest BCUT2D eigenvalue weighted by atomic mass is 35.5. The molecule has 0 spiro atoms. The van der Waals surface area contributed by atoms with Crippen molar-refractivity contribution in [1.82, 2.24) is 15.0 Å². The average molecular weight is 270 g/mol. The largest absolute Gasteiger partial charge is 0.379 e. The molecule has 0 bridgehead atoms. The van der Waals surface area contributed by atoms with E-state index in [1.807, 2.05) is 0 Å². The second kappa shape index (κ2) is 5.24. The van der Waals surface area contributed by atoms with Crippen LogP contribution in [0, 0.1) is 0 Å². The monoisotopic (exact) mass is 269 g/mol. The lowest BCUT2D eigenvalue weighted by atomic mass is 10.3. The number of nitrogens with one attached hydrogen (secondary N) is 1. The van der Waals surface area contributed by atoms with Crippen LogP contribution in [0.15, 0.2) is 0 Å². The molecule has 1 atom stereocenters. The first-order chi connectivity index (χ1) is 8.81. The van der Waals surface area contributed by atoms with Crippen molar-refractivity contribution in [3.63, 3.8) is 0 Å². The van der Waals surface area contributed by atoms with Crippen molar-refractivity contribution in [2.75, 3.05) is 36.5 Å². The van der Waals surface area contributed by atoms with E-state index in [4.69, 9.17) is 16.3 Å². The molecule has 18 heavy (non-hydrogen) atoms. The molecule has 3 heterocycles. The molecule has 98 valence electrons. The second-order valence-electron chi connectivity index (χ2n) is 4.63. The van der Waals surface area contributed by atoms with Crippen LogP contribution in [-0.2, 0) is 4.74 Å². The van der Waals surface area contributed by atoms with E-state index in [2.05, 4.69) is 25.2 Å². The van der Waals surface area contributed by atoms with Gasteiger partial charge in [0.1, 0.15) is 0 Å². The summed E-state index contributed by atoms with van der Waals surface area (Å²) in [7, 11) is 0. The molecule has 0 radical (unpaired) electrons. The third kappa shape index (κ3) is 2.64. The zero-order valence-electron chi connectivity index (χ0n) is 10.1. The van der Waals surface area contributed by atoms with Gasteiger partial charge in [-0.1, -0.05) is 0 Å². The van der Waals surface area contributed by atoms with E-state index in [1.165, 1.54) is 12.8 Å². The number of aromatic nitrogens is 3. The Kier molecular flexibility index (Phi) is 3.47. The topological polar surface area (TPSA) is 63.2 Å². The fraction of sp³-hybridized carbons (Fsp3) is 0.727. The Morgan fingerprint density at radius 1 is 1.22 bits per heavy atom. The molecule has 0 saturated carbocycles. The highest BCUT2D eigenvalue weighted by Gasteiger charge is 2.20. The number of rotatable bonds is 3. The van der Waals surface area contributed by atoms with Gasteiger partial charge in [0.05, 0.1) is 12.6 Å². The first-order valence-corrected chi connectivity index (χ1v) is 6.70. The number of ether oxygens (including phenoxy) is 1. The van der Waals surface area contributed by atoms with Crippen molar-refractivity contribution < 1.29 is 4.74 Å². The van der Waals surface area contributed by atoms with Gasteiger partial charge in [0.2, 0.25) is 17.2 Å². The molecule has 2 aliphatic rings. The lowest BCUT2D eigenvalue weighted by Gasteiger charge is -2.17. The molecule has 6 nitrogen and oxygen atoms in total. The Labute approximate surface area is 111 Å². The van der Waals surface area contributed by atoms with Crippen LogP contribution in [0.2, 0.25) is 5.28 Å². The fourth-order valence-electron chi connectivity index (χ4n) is 2.29. The van der Waals surface area contributed by atoms with Crippen LogP contribution in [0.25, 0.3) is 0 Å². The van der Waals surface area contributed by atoms with Crippen LogP contribution in [0.1, 0.15) is 19.3 Å². The molecule has 0 amide bonds. The van der Waals surface area contributed by atoms with Gasteiger partial charge in [0, 0.05) is 19.7 Å². The number of hydrogen-bond acceptors (Lipinski definition) is 6. The zero-order chi connectivity index (χ0) is 12.4.